The number of hydrogen-bond acceptors (Lipinski definition) is 4. The van der Waals surface area contributed by atoms with Crippen molar-refractivity contribution >= 4 is 0 Å². The molecule has 2 rings (SSSR count). The van der Waals surface area contributed by atoms with E-state index in [1.165, 1.54) is 11.1 Å². The maximum Gasteiger partial charge on any atom is 0.228 e. The van der Waals surface area contributed by atoms with Crippen molar-refractivity contribution in [3.05, 3.63) is 47.1 Å². The van der Waals surface area contributed by atoms with E-state index in [9.17, 15) is 0 Å². The molecule has 0 bridgehead atoms. The minimum Gasteiger partial charge on any atom is -0.339 e. The molecule has 0 aliphatic carbocycles. The van der Waals surface area contributed by atoms with Crippen LogP contribution in [-0.4, -0.2) is 16.2 Å². The highest BCUT2D eigenvalue weighted by atomic mass is 16.5. The Morgan fingerprint density at radius 3 is 2.45 bits per heavy atom. The molecule has 0 aliphatic rings. The van der Waals surface area contributed by atoms with Crippen molar-refractivity contribution in [2.24, 2.45) is 11.1 Å². The van der Waals surface area contributed by atoms with Crippen molar-refractivity contribution in [1.82, 2.24) is 10.1 Å². The molecular formula is C16H23N3O. The number of aromatic nitrogens is 2. The highest BCUT2D eigenvalue weighted by molar-refractivity contribution is 5.23. The van der Waals surface area contributed by atoms with Crippen LogP contribution < -0.4 is 5.73 Å². The maximum atomic E-state index is 6.13. The molecule has 1 aromatic heterocycles. The highest BCUT2D eigenvalue weighted by Crippen LogP contribution is 2.20. The van der Waals surface area contributed by atoms with Crippen molar-refractivity contribution in [2.75, 3.05) is 0 Å². The Hall–Kier alpha value is -1.68. The Labute approximate surface area is 120 Å². The van der Waals surface area contributed by atoms with Gasteiger partial charge in [0.2, 0.25) is 5.89 Å². The maximum absolute atomic E-state index is 6.13. The summed E-state index contributed by atoms with van der Waals surface area (Å²) < 4.78 is 5.29. The summed E-state index contributed by atoms with van der Waals surface area (Å²) in [6.45, 7) is 8.41. The molecule has 1 heterocycles. The SMILES string of the molecule is Cc1ccc(Cc2noc(CC(N)C(C)(C)C)n2)cc1. The van der Waals surface area contributed by atoms with E-state index in [2.05, 4.69) is 62.1 Å². The Morgan fingerprint density at radius 2 is 1.85 bits per heavy atom. The first kappa shape index (κ1) is 14.7. The van der Waals surface area contributed by atoms with E-state index in [4.69, 9.17) is 10.3 Å². The molecule has 0 fully saturated rings. The van der Waals surface area contributed by atoms with E-state index in [-0.39, 0.29) is 11.5 Å². The summed E-state index contributed by atoms with van der Waals surface area (Å²) in [4.78, 5) is 4.42. The van der Waals surface area contributed by atoms with Gasteiger partial charge in [-0.25, -0.2) is 0 Å². The molecule has 0 aliphatic heterocycles. The summed E-state index contributed by atoms with van der Waals surface area (Å²) in [7, 11) is 0. The van der Waals surface area contributed by atoms with Gasteiger partial charge in [0.1, 0.15) is 0 Å². The smallest absolute Gasteiger partial charge is 0.228 e. The third kappa shape index (κ3) is 3.90. The van der Waals surface area contributed by atoms with Crippen LogP contribution in [-0.2, 0) is 12.8 Å². The van der Waals surface area contributed by atoms with Crippen molar-refractivity contribution in [3.8, 4) is 0 Å². The van der Waals surface area contributed by atoms with Gasteiger partial charge in [0.25, 0.3) is 0 Å². The van der Waals surface area contributed by atoms with E-state index < -0.39 is 0 Å². The van der Waals surface area contributed by atoms with Crippen molar-refractivity contribution < 1.29 is 4.52 Å². The molecule has 0 saturated carbocycles. The largest absolute Gasteiger partial charge is 0.339 e. The second-order valence-electron chi connectivity index (χ2n) is 6.44. The summed E-state index contributed by atoms with van der Waals surface area (Å²) >= 11 is 0. The molecule has 0 radical (unpaired) electrons. The molecule has 4 nitrogen and oxygen atoms in total. The molecule has 108 valence electrons. The molecule has 1 unspecified atom stereocenters. The monoisotopic (exact) mass is 273 g/mol. The van der Waals surface area contributed by atoms with Gasteiger partial charge in [-0.2, -0.15) is 4.98 Å². The highest BCUT2D eigenvalue weighted by Gasteiger charge is 2.23. The van der Waals surface area contributed by atoms with Gasteiger partial charge >= 0.3 is 0 Å². The van der Waals surface area contributed by atoms with Crippen LogP contribution in [0.1, 0.15) is 43.6 Å². The summed E-state index contributed by atoms with van der Waals surface area (Å²) in [5.74, 6) is 1.33. The van der Waals surface area contributed by atoms with Crippen molar-refractivity contribution in [1.29, 1.82) is 0 Å². The standard InChI is InChI=1S/C16H23N3O/c1-11-5-7-12(8-6-11)9-14-18-15(20-19-14)10-13(17)16(2,3)4/h5-8,13H,9-10,17H2,1-4H3. The van der Waals surface area contributed by atoms with Gasteiger partial charge in [0, 0.05) is 18.9 Å². The summed E-state index contributed by atoms with van der Waals surface area (Å²) in [5.41, 5.74) is 8.60. The lowest BCUT2D eigenvalue weighted by Crippen LogP contribution is -2.37. The number of nitrogens with two attached hydrogens (primary N) is 1. The predicted octanol–water partition coefficient (Wildman–Crippen LogP) is 2.88. The zero-order valence-corrected chi connectivity index (χ0v) is 12.7. The Balaban J connectivity index is 2.00. The Kier molecular flexibility index (Phi) is 4.23. The van der Waals surface area contributed by atoms with Gasteiger partial charge < -0.3 is 10.3 Å². The number of benzene rings is 1. The van der Waals surface area contributed by atoms with Crippen LogP contribution in [0, 0.1) is 12.3 Å². The quantitative estimate of drug-likeness (QED) is 0.930. The fourth-order valence-corrected chi connectivity index (χ4v) is 1.83. The van der Waals surface area contributed by atoms with Crippen LogP contribution in [0.15, 0.2) is 28.8 Å². The fraction of sp³-hybridized carbons (Fsp3) is 0.500. The van der Waals surface area contributed by atoms with Crippen molar-refractivity contribution in [3.63, 3.8) is 0 Å². The van der Waals surface area contributed by atoms with Crippen LogP contribution >= 0.6 is 0 Å². The number of nitrogens with zero attached hydrogens (tertiary/aromatic N) is 2. The minimum absolute atomic E-state index is 0.00942. The van der Waals surface area contributed by atoms with Gasteiger partial charge in [0.15, 0.2) is 5.82 Å². The average molecular weight is 273 g/mol. The van der Waals surface area contributed by atoms with E-state index in [1.807, 2.05) is 0 Å². The summed E-state index contributed by atoms with van der Waals surface area (Å²) in [5, 5.41) is 4.03. The first-order valence-electron chi connectivity index (χ1n) is 6.97. The van der Waals surface area contributed by atoms with E-state index in [0.29, 0.717) is 24.6 Å². The van der Waals surface area contributed by atoms with Crippen LogP contribution in [0.2, 0.25) is 0 Å². The van der Waals surface area contributed by atoms with Crippen LogP contribution in [0.4, 0.5) is 0 Å². The average Bonchev–Trinajstić information content (AvgIpc) is 2.78. The first-order valence-corrected chi connectivity index (χ1v) is 6.97. The van der Waals surface area contributed by atoms with Crippen molar-refractivity contribution in [2.45, 2.75) is 46.6 Å². The second kappa shape index (κ2) is 5.75. The van der Waals surface area contributed by atoms with Gasteiger partial charge in [-0.05, 0) is 17.9 Å². The molecule has 1 aromatic carbocycles. The normalized spacial score (nSPS) is 13.4. The third-order valence-electron chi connectivity index (χ3n) is 3.50. The predicted molar refractivity (Wildman–Crippen MR) is 79.4 cm³/mol. The van der Waals surface area contributed by atoms with Gasteiger partial charge in [0.05, 0.1) is 0 Å². The topological polar surface area (TPSA) is 64.9 Å². The lowest BCUT2D eigenvalue weighted by Gasteiger charge is -2.25. The Bertz CT molecular complexity index is 552. The minimum atomic E-state index is 0.00942. The molecule has 1 atom stereocenters. The molecule has 2 N–H and O–H groups in total. The zero-order chi connectivity index (χ0) is 14.8. The van der Waals surface area contributed by atoms with Gasteiger partial charge in [-0.15, -0.1) is 0 Å². The third-order valence-corrected chi connectivity index (χ3v) is 3.50. The van der Waals surface area contributed by atoms with E-state index >= 15 is 0 Å². The van der Waals surface area contributed by atoms with Gasteiger partial charge in [-0.1, -0.05) is 55.8 Å². The summed E-state index contributed by atoms with van der Waals surface area (Å²) in [6, 6.07) is 8.37. The molecule has 0 saturated heterocycles. The van der Waals surface area contributed by atoms with Crippen LogP contribution in [0.25, 0.3) is 0 Å². The number of rotatable bonds is 4. The molecule has 0 amide bonds. The molecule has 0 spiro atoms. The lowest BCUT2D eigenvalue weighted by atomic mass is 9.85. The second-order valence-corrected chi connectivity index (χ2v) is 6.44. The van der Waals surface area contributed by atoms with Crippen LogP contribution in [0.3, 0.4) is 0 Å². The fourth-order valence-electron chi connectivity index (χ4n) is 1.83. The van der Waals surface area contributed by atoms with E-state index in [1.54, 1.807) is 0 Å². The molecular weight excluding hydrogens is 250 g/mol. The zero-order valence-electron chi connectivity index (χ0n) is 12.7. The molecule has 20 heavy (non-hydrogen) atoms. The number of hydrogen-bond donors (Lipinski definition) is 1. The first-order chi connectivity index (χ1) is 9.34. The lowest BCUT2D eigenvalue weighted by molar-refractivity contribution is 0.285. The number of aryl methyl sites for hydroxylation is 1. The van der Waals surface area contributed by atoms with Crippen LogP contribution in [0.5, 0.6) is 0 Å². The Morgan fingerprint density at radius 1 is 1.20 bits per heavy atom. The molecule has 2 aromatic rings. The van der Waals surface area contributed by atoms with E-state index in [0.717, 1.165) is 0 Å². The molecule has 4 heteroatoms. The summed E-state index contributed by atoms with van der Waals surface area (Å²) in [6.07, 6.45) is 1.30. The van der Waals surface area contributed by atoms with Gasteiger partial charge in [-0.3, -0.25) is 0 Å².